The Morgan fingerprint density at radius 2 is 1.82 bits per heavy atom. The molecule has 0 saturated heterocycles. The van der Waals surface area contributed by atoms with Crippen molar-refractivity contribution >= 4 is 34.3 Å². The Labute approximate surface area is 113 Å². The molecule has 4 heteroatoms. The molecule has 0 atom stereocenters. The molecule has 0 radical (unpaired) electrons. The van der Waals surface area contributed by atoms with Gasteiger partial charge in [-0.25, -0.2) is 4.98 Å². The van der Waals surface area contributed by atoms with Crippen LogP contribution in [0.4, 0.5) is 5.82 Å². The molecule has 0 saturated carbocycles. The first-order chi connectivity index (χ1) is 8.38. The fourth-order valence-corrected chi connectivity index (χ4v) is 2.16. The minimum Gasteiger partial charge on any atom is -0.312 e. The first kappa shape index (κ1) is 10.6. The average Bonchev–Trinajstić information content (AvgIpc) is 2.82. The lowest BCUT2D eigenvalue weighted by Crippen LogP contribution is -1.89. The molecule has 3 rings (SSSR count). The molecule has 84 valence electrons. The maximum absolute atomic E-state index is 4.46. The normalized spacial score (nSPS) is 10.6. The summed E-state index contributed by atoms with van der Waals surface area (Å²) < 4.78 is 5.13. The molecule has 3 nitrogen and oxygen atoms in total. The molecule has 2 heterocycles. The second-order valence-corrected chi connectivity index (χ2v) is 4.27. The predicted molar refractivity (Wildman–Crippen MR) is 78.3 cm³/mol. The van der Waals surface area contributed by atoms with Gasteiger partial charge in [0.2, 0.25) is 0 Å². The lowest BCUT2D eigenvalue weighted by Gasteiger charge is -2.04. The van der Waals surface area contributed by atoms with Crippen LogP contribution in [0.5, 0.6) is 0 Å². The second-order valence-electron chi connectivity index (χ2n) is 3.73. The average molecular weight is 335 g/mol. The van der Waals surface area contributed by atoms with Crippen molar-refractivity contribution in [2.24, 2.45) is 0 Å². The van der Waals surface area contributed by atoms with Crippen molar-refractivity contribution < 1.29 is 0 Å². The topological polar surface area (TPSA) is 29.3 Å². The summed E-state index contributed by atoms with van der Waals surface area (Å²) in [5.41, 5.74) is 3.29. The van der Waals surface area contributed by atoms with E-state index >= 15 is 0 Å². The van der Waals surface area contributed by atoms with Gasteiger partial charge in [0.15, 0.2) is 5.82 Å². The molecule has 0 amide bonds. The number of hydrogen-bond donors (Lipinski definition) is 1. The van der Waals surface area contributed by atoms with Crippen LogP contribution < -0.4 is 3.53 Å². The highest BCUT2D eigenvalue weighted by Gasteiger charge is 2.05. The molecule has 0 fully saturated rings. The summed E-state index contributed by atoms with van der Waals surface area (Å²) in [6.07, 6.45) is 2.00. The zero-order valence-corrected chi connectivity index (χ0v) is 11.1. The summed E-state index contributed by atoms with van der Waals surface area (Å²) >= 11 is 2.09. The molecule has 0 bridgehead atoms. The van der Waals surface area contributed by atoms with E-state index in [1.165, 1.54) is 5.56 Å². The molecule has 1 aromatic carbocycles. The van der Waals surface area contributed by atoms with E-state index < -0.39 is 0 Å². The zero-order chi connectivity index (χ0) is 11.7. The summed E-state index contributed by atoms with van der Waals surface area (Å²) in [6.45, 7) is 0. The standard InChI is InChI=1S/C13H10IN3/c14-16-12-9-17-11(7-4-8-13(17)15-12)10-5-2-1-3-6-10/h1-9,16H. The Morgan fingerprint density at radius 3 is 2.59 bits per heavy atom. The minimum absolute atomic E-state index is 0.869. The van der Waals surface area contributed by atoms with Crippen molar-refractivity contribution in [2.75, 3.05) is 3.53 Å². The van der Waals surface area contributed by atoms with Crippen LogP contribution in [0.3, 0.4) is 0 Å². The highest BCUT2D eigenvalue weighted by molar-refractivity contribution is 14.1. The summed E-state index contributed by atoms with van der Waals surface area (Å²) in [5.74, 6) is 0.869. The molecular formula is C13H10IN3. The number of pyridine rings is 1. The van der Waals surface area contributed by atoms with E-state index in [4.69, 9.17) is 0 Å². The van der Waals surface area contributed by atoms with E-state index in [-0.39, 0.29) is 0 Å². The number of anilines is 1. The summed E-state index contributed by atoms with van der Waals surface area (Å²) in [6, 6.07) is 16.4. The summed E-state index contributed by atoms with van der Waals surface area (Å²) in [7, 11) is 0. The van der Waals surface area contributed by atoms with Gasteiger partial charge in [-0.2, -0.15) is 0 Å². The fourth-order valence-electron chi connectivity index (χ4n) is 1.90. The number of rotatable bonds is 2. The van der Waals surface area contributed by atoms with Crippen molar-refractivity contribution in [3.8, 4) is 11.3 Å². The van der Waals surface area contributed by atoms with E-state index in [0.717, 1.165) is 17.2 Å². The second kappa shape index (κ2) is 4.37. The van der Waals surface area contributed by atoms with Gasteiger partial charge in [-0.05, 0) is 17.7 Å². The van der Waals surface area contributed by atoms with Crippen LogP contribution in [0.2, 0.25) is 0 Å². The Morgan fingerprint density at radius 1 is 1.00 bits per heavy atom. The molecular weight excluding hydrogens is 325 g/mol. The third-order valence-corrected chi connectivity index (χ3v) is 3.21. The van der Waals surface area contributed by atoms with Crippen molar-refractivity contribution in [3.63, 3.8) is 0 Å². The van der Waals surface area contributed by atoms with Crippen LogP contribution in [0.1, 0.15) is 0 Å². The quantitative estimate of drug-likeness (QED) is 0.571. The van der Waals surface area contributed by atoms with Crippen LogP contribution in [0, 0.1) is 0 Å². The van der Waals surface area contributed by atoms with Gasteiger partial charge in [-0.15, -0.1) is 0 Å². The Balaban J connectivity index is 2.26. The number of aromatic nitrogens is 2. The van der Waals surface area contributed by atoms with E-state index in [1.807, 2.05) is 36.5 Å². The minimum atomic E-state index is 0.869. The SMILES string of the molecule is INc1cn2c(-c3ccccc3)cccc2n1. The van der Waals surface area contributed by atoms with Crippen LogP contribution >= 0.6 is 22.9 Å². The van der Waals surface area contributed by atoms with E-state index in [0.29, 0.717) is 0 Å². The molecule has 17 heavy (non-hydrogen) atoms. The van der Waals surface area contributed by atoms with Crippen LogP contribution in [0.15, 0.2) is 54.7 Å². The van der Waals surface area contributed by atoms with E-state index in [1.54, 1.807) is 0 Å². The number of hydrogen-bond acceptors (Lipinski definition) is 2. The maximum Gasteiger partial charge on any atom is 0.153 e. The summed E-state index contributed by atoms with van der Waals surface area (Å²) in [5, 5.41) is 0. The fraction of sp³-hybridized carbons (Fsp3) is 0. The Hall–Kier alpha value is -1.56. The highest BCUT2D eigenvalue weighted by Crippen LogP contribution is 2.22. The van der Waals surface area contributed by atoms with Crippen LogP contribution in [-0.4, -0.2) is 9.38 Å². The van der Waals surface area contributed by atoms with E-state index in [2.05, 4.69) is 54.0 Å². The maximum atomic E-state index is 4.46. The third kappa shape index (κ3) is 1.88. The molecule has 0 aliphatic heterocycles. The van der Waals surface area contributed by atoms with Gasteiger partial charge in [-0.1, -0.05) is 36.4 Å². The van der Waals surface area contributed by atoms with Crippen molar-refractivity contribution in [1.82, 2.24) is 9.38 Å². The van der Waals surface area contributed by atoms with Gasteiger partial charge < -0.3 is 3.53 Å². The third-order valence-electron chi connectivity index (χ3n) is 2.66. The van der Waals surface area contributed by atoms with Crippen molar-refractivity contribution in [3.05, 3.63) is 54.7 Å². The van der Waals surface area contributed by atoms with Gasteiger partial charge >= 0.3 is 0 Å². The monoisotopic (exact) mass is 335 g/mol. The molecule has 2 aromatic heterocycles. The molecule has 0 unspecified atom stereocenters. The number of halogens is 1. The number of benzene rings is 1. The van der Waals surface area contributed by atoms with Gasteiger partial charge in [0.05, 0.1) is 34.8 Å². The number of fused-ring (bicyclic) bond motifs is 1. The Kier molecular flexibility index (Phi) is 2.72. The first-order valence-electron chi connectivity index (χ1n) is 5.28. The lowest BCUT2D eigenvalue weighted by atomic mass is 10.1. The van der Waals surface area contributed by atoms with Crippen molar-refractivity contribution in [2.45, 2.75) is 0 Å². The smallest absolute Gasteiger partial charge is 0.153 e. The molecule has 0 aliphatic rings. The number of nitrogens with zero attached hydrogens (tertiary/aromatic N) is 2. The van der Waals surface area contributed by atoms with Gasteiger partial charge in [0.1, 0.15) is 5.65 Å². The molecule has 1 N–H and O–H groups in total. The van der Waals surface area contributed by atoms with E-state index in [9.17, 15) is 0 Å². The summed E-state index contributed by atoms with van der Waals surface area (Å²) in [4.78, 5) is 4.46. The first-order valence-corrected chi connectivity index (χ1v) is 6.36. The molecule has 0 aliphatic carbocycles. The molecule has 0 spiro atoms. The van der Waals surface area contributed by atoms with Crippen LogP contribution in [-0.2, 0) is 0 Å². The predicted octanol–water partition coefficient (Wildman–Crippen LogP) is 3.76. The number of nitrogens with one attached hydrogen (secondary N) is 1. The molecule has 3 aromatic rings. The number of imidazole rings is 1. The lowest BCUT2D eigenvalue weighted by molar-refractivity contribution is 1.19. The zero-order valence-electron chi connectivity index (χ0n) is 8.97. The Bertz CT molecular complexity index is 646. The van der Waals surface area contributed by atoms with Gasteiger partial charge in [0.25, 0.3) is 0 Å². The largest absolute Gasteiger partial charge is 0.312 e. The van der Waals surface area contributed by atoms with Crippen molar-refractivity contribution in [1.29, 1.82) is 0 Å². The van der Waals surface area contributed by atoms with Gasteiger partial charge in [0, 0.05) is 0 Å². The van der Waals surface area contributed by atoms with Crippen LogP contribution in [0.25, 0.3) is 16.9 Å². The van der Waals surface area contributed by atoms with Gasteiger partial charge in [-0.3, -0.25) is 4.40 Å². The highest BCUT2D eigenvalue weighted by atomic mass is 127.